The van der Waals surface area contributed by atoms with Gasteiger partial charge in [0.05, 0.1) is 12.1 Å². The molecule has 1 aromatic carbocycles. The largest absolute Gasteiger partial charge is 0.495 e. The molecule has 15 heavy (non-hydrogen) atoms. The van der Waals surface area contributed by atoms with Gasteiger partial charge in [0.1, 0.15) is 5.75 Å². The Kier molecular flexibility index (Phi) is 4.00. The molecule has 0 fully saturated rings. The second-order valence-corrected chi connectivity index (χ2v) is 4.84. The van der Waals surface area contributed by atoms with Gasteiger partial charge in [-0.05, 0) is 23.5 Å². The molecule has 0 unspecified atom stereocenters. The number of aliphatic hydroxyl groups is 1. The number of ether oxygens (including phenoxy) is 1. The smallest absolute Gasteiger partial charge is 0.140 e. The average molecular weight is 229 g/mol. The van der Waals surface area contributed by atoms with Crippen LogP contribution in [-0.2, 0) is 6.42 Å². The first kappa shape index (κ1) is 12.3. The van der Waals surface area contributed by atoms with Crippen LogP contribution in [0.2, 0.25) is 5.02 Å². The zero-order valence-electron chi connectivity index (χ0n) is 9.38. The molecular formula is C12H17ClO2. The number of methoxy groups -OCH3 is 1. The third kappa shape index (κ3) is 3.11. The molecule has 3 heteroatoms. The van der Waals surface area contributed by atoms with Gasteiger partial charge < -0.3 is 9.84 Å². The Morgan fingerprint density at radius 1 is 1.40 bits per heavy atom. The number of hydrogen-bond donors (Lipinski definition) is 1. The molecule has 0 spiro atoms. The summed E-state index contributed by atoms with van der Waals surface area (Å²) in [6.07, 6.45) is 0.743. The van der Waals surface area contributed by atoms with Gasteiger partial charge in [-0.25, -0.2) is 0 Å². The molecular weight excluding hydrogens is 212 g/mol. The normalized spacial score (nSPS) is 11.5. The lowest BCUT2D eigenvalue weighted by molar-refractivity contribution is 0.159. The van der Waals surface area contributed by atoms with E-state index in [1.165, 1.54) is 0 Å². The molecule has 0 bridgehead atoms. The first-order valence-electron chi connectivity index (χ1n) is 4.92. The van der Waals surface area contributed by atoms with Crippen molar-refractivity contribution in [2.24, 2.45) is 5.41 Å². The van der Waals surface area contributed by atoms with E-state index in [2.05, 4.69) is 0 Å². The first-order chi connectivity index (χ1) is 7.00. The van der Waals surface area contributed by atoms with Gasteiger partial charge in [0.25, 0.3) is 0 Å². The van der Waals surface area contributed by atoms with Crippen molar-refractivity contribution >= 4 is 11.6 Å². The number of aliphatic hydroxyl groups excluding tert-OH is 1. The fourth-order valence-corrected chi connectivity index (χ4v) is 1.76. The highest BCUT2D eigenvalue weighted by Crippen LogP contribution is 2.32. The molecule has 0 aromatic heterocycles. The highest BCUT2D eigenvalue weighted by Gasteiger charge is 2.20. The predicted molar refractivity (Wildman–Crippen MR) is 62.6 cm³/mol. The maximum Gasteiger partial charge on any atom is 0.140 e. The van der Waals surface area contributed by atoms with Gasteiger partial charge in [-0.3, -0.25) is 0 Å². The van der Waals surface area contributed by atoms with Gasteiger partial charge in [-0.2, -0.15) is 0 Å². The van der Waals surface area contributed by atoms with E-state index in [-0.39, 0.29) is 12.0 Å². The van der Waals surface area contributed by atoms with Gasteiger partial charge in [-0.1, -0.05) is 37.6 Å². The highest BCUT2D eigenvalue weighted by molar-refractivity contribution is 6.32. The Bertz CT molecular complexity index is 334. The van der Waals surface area contributed by atoms with Crippen LogP contribution in [0, 0.1) is 5.41 Å². The topological polar surface area (TPSA) is 29.5 Å². The molecule has 0 aliphatic carbocycles. The molecule has 1 aromatic rings. The summed E-state index contributed by atoms with van der Waals surface area (Å²) in [5.41, 5.74) is 0.877. The molecule has 0 aliphatic heterocycles. The van der Waals surface area contributed by atoms with Crippen molar-refractivity contribution in [2.45, 2.75) is 20.3 Å². The van der Waals surface area contributed by atoms with Crippen molar-refractivity contribution in [3.8, 4) is 5.75 Å². The zero-order valence-corrected chi connectivity index (χ0v) is 10.1. The predicted octanol–water partition coefficient (Wildman–Crippen LogP) is 2.91. The van der Waals surface area contributed by atoms with E-state index in [9.17, 15) is 5.11 Å². The monoisotopic (exact) mass is 228 g/mol. The average Bonchev–Trinajstić information content (AvgIpc) is 2.18. The Morgan fingerprint density at radius 3 is 2.60 bits per heavy atom. The molecule has 0 heterocycles. The van der Waals surface area contributed by atoms with Crippen molar-refractivity contribution < 1.29 is 9.84 Å². The quantitative estimate of drug-likeness (QED) is 0.859. The molecule has 0 saturated carbocycles. The molecule has 0 amide bonds. The summed E-state index contributed by atoms with van der Waals surface area (Å²) in [6.45, 7) is 4.16. The standard InChI is InChI=1S/C12H17ClO2/c1-12(2,8-14)7-9-5-4-6-10(13)11(9)15-3/h4-6,14H,7-8H2,1-3H3. The van der Waals surface area contributed by atoms with Gasteiger partial charge in [0, 0.05) is 6.61 Å². The fourth-order valence-electron chi connectivity index (χ4n) is 1.49. The SMILES string of the molecule is COc1c(Cl)cccc1CC(C)(C)CO. The van der Waals surface area contributed by atoms with Crippen LogP contribution in [0.25, 0.3) is 0 Å². The summed E-state index contributed by atoms with van der Waals surface area (Å²) in [5, 5.41) is 9.83. The van der Waals surface area contributed by atoms with Gasteiger partial charge in [0.15, 0.2) is 0 Å². The maximum atomic E-state index is 9.21. The molecule has 84 valence electrons. The summed E-state index contributed by atoms with van der Waals surface area (Å²) >= 11 is 6.01. The molecule has 1 N–H and O–H groups in total. The Balaban J connectivity index is 2.99. The Labute approximate surface area is 95.8 Å². The summed E-state index contributed by atoms with van der Waals surface area (Å²) in [5.74, 6) is 0.709. The summed E-state index contributed by atoms with van der Waals surface area (Å²) < 4.78 is 5.25. The second kappa shape index (κ2) is 4.86. The molecule has 1 rings (SSSR count). The summed E-state index contributed by atoms with van der Waals surface area (Å²) in [4.78, 5) is 0. The van der Waals surface area contributed by atoms with Crippen LogP contribution in [0.1, 0.15) is 19.4 Å². The van der Waals surface area contributed by atoms with Crippen LogP contribution in [0.4, 0.5) is 0 Å². The van der Waals surface area contributed by atoms with E-state index in [0.717, 1.165) is 12.0 Å². The third-order valence-electron chi connectivity index (χ3n) is 2.35. The van der Waals surface area contributed by atoms with Crippen LogP contribution in [0.15, 0.2) is 18.2 Å². The highest BCUT2D eigenvalue weighted by atomic mass is 35.5. The van der Waals surface area contributed by atoms with Gasteiger partial charge >= 0.3 is 0 Å². The lowest BCUT2D eigenvalue weighted by atomic mass is 9.86. The molecule has 0 saturated heterocycles. The van der Waals surface area contributed by atoms with Crippen LogP contribution in [0.5, 0.6) is 5.75 Å². The van der Waals surface area contributed by atoms with E-state index < -0.39 is 0 Å². The zero-order chi connectivity index (χ0) is 11.5. The first-order valence-corrected chi connectivity index (χ1v) is 5.30. The van der Waals surface area contributed by atoms with Crippen molar-refractivity contribution in [1.29, 1.82) is 0 Å². The van der Waals surface area contributed by atoms with Gasteiger partial charge in [-0.15, -0.1) is 0 Å². The maximum absolute atomic E-state index is 9.21. The van der Waals surface area contributed by atoms with Crippen molar-refractivity contribution in [3.63, 3.8) is 0 Å². The van der Waals surface area contributed by atoms with Crippen LogP contribution >= 0.6 is 11.6 Å². The van der Waals surface area contributed by atoms with Crippen LogP contribution < -0.4 is 4.74 Å². The minimum Gasteiger partial charge on any atom is -0.495 e. The van der Waals surface area contributed by atoms with Crippen molar-refractivity contribution in [2.75, 3.05) is 13.7 Å². The molecule has 0 radical (unpaired) electrons. The minimum atomic E-state index is -0.155. The Morgan fingerprint density at radius 2 is 2.07 bits per heavy atom. The summed E-state index contributed by atoms with van der Waals surface area (Å²) in [7, 11) is 1.61. The molecule has 2 nitrogen and oxygen atoms in total. The molecule has 0 aliphatic rings. The van der Waals surface area contributed by atoms with E-state index in [1.54, 1.807) is 13.2 Å². The van der Waals surface area contributed by atoms with Crippen molar-refractivity contribution in [1.82, 2.24) is 0 Å². The third-order valence-corrected chi connectivity index (χ3v) is 2.65. The number of benzene rings is 1. The number of rotatable bonds is 4. The van der Waals surface area contributed by atoms with E-state index in [0.29, 0.717) is 10.8 Å². The van der Waals surface area contributed by atoms with Crippen molar-refractivity contribution in [3.05, 3.63) is 28.8 Å². The lowest BCUT2D eigenvalue weighted by Gasteiger charge is -2.23. The van der Waals surface area contributed by atoms with Crippen LogP contribution in [0.3, 0.4) is 0 Å². The summed E-state index contributed by atoms with van der Waals surface area (Å²) in [6, 6.07) is 5.67. The van der Waals surface area contributed by atoms with Gasteiger partial charge in [0.2, 0.25) is 0 Å². The van der Waals surface area contributed by atoms with E-state index in [4.69, 9.17) is 16.3 Å². The van der Waals surface area contributed by atoms with Crippen LogP contribution in [-0.4, -0.2) is 18.8 Å². The number of hydrogen-bond acceptors (Lipinski definition) is 2. The minimum absolute atomic E-state index is 0.142. The second-order valence-electron chi connectivity index (χ2n) is 4.43. The Hall–Kier alpha value is -0.730. The molecule has 0 atom stereocenters. The van der Waals surface area contributed by atoms with E-state index in [1.807, 2.05) is 26.0 Å². The number of para-hydroxylation sites is 1. The fraction of sp³-hybridized carbons (Fsp3) is 0.500. The lowest BCUT2D eigenvalue weighted by Crippen LogP contribution is -2.20. The van der Waals surface area contributed by atoms with E-state index >= 15 is 0 Å². The number of halogens is 1.